The van der Waals surface area contributed by atoms with Gasteiger partial charge in [0.05, 0.1) is 27.6 Å². The SMILES string of the molecule is c1ccc(-c2ccc(-n3c4ccccc4c4cc(N(c5ccccc5)c5cccc6c5C5(c7ccccc7-c7ccccc75)c5ccccc5C65c6ccccc6-c6ccccc65)ccc43)cc2)cc1. The summed E-state index contributed by atoms with van der Waals surface area (Å²) in [6.07, 6.45) is 0. The Kier molecular flexibility index (Phi) is 8.24. The molecule has 2 nitrogen and oxygen atoms in total. The molecule has 0 atom stereocenters. The predicted molar refractivity (Wildman–Crippen MR) is 289 cm³/mol. The van der Waals surface area contributed by atoms with Gasteiger partial charge in [0.25, 0.3) is 0 Å². The summed E-state index contributed by atoms with van der Waals surface area (Å²) in [5.74, 6) is 0. The number of hydrogen-bond donors (Lipinski definition) is 0. The first-order valence-electron chi connectivity index (χ1n) is 24.4. The van der Waals surface area contributed by atoms with E-state index >= 15 is 0 Å². The monoisotopic (exact) mass is 888 g/mol. The topological polar surface area (TPSA) is 8.17 Å². The van der Waals surface area contributed by atoms with Crippen molar-refractivity contribution in [1.82, 2.24) is 4.57 Å². The van der Waals surface area contributed by atoms with Crippen LogP contribution in [-0.4, -0.2) is 4.57 Å². The van der Waals surface area contributed by atoms with Crippen molar-refractivity contribution in [2.24, 2.45) is 0 Å². The minimum absolute atomic E-state index is 0.595. The first-order valence-corrected chi connectivity index (χ1v) is 24.4. The Bertz CT molecular complexity index is 3980. The van der Waals surface area contributed by atoms with Gasteiger partial charge in [-0.3, -0.25) is 0 Å². The smallest absolute Gasteiger partial charge is 0.0740 e. The van der Waals surface area contributed by atoms with Crippen molar-refractivity contribution in [3.63, 3.8) is 0 Å². The average molecular weight is 889 g/mol. The van der Waals surface area contributed by atoms with E-state index < -0.39 is 10.8 Å². The van der Waals surface area contributed by atoms with Crippen LogP contribution in [0.15, 0.2) is 267 Å². The molecule has 3 aliphatic rings. The molecule has 0 saturated heterocycles. The Labute approximate surface area is 407 Å². The second kappa shape index (κ2) is 14.8. The molecule has 0 aliphatic heterocycles. The summed E-state index contributed by atoms with van der Waals surface area (Å²) in [6.45, 7) is 0. The van der Waals surface area contributed by atoms with Crippen LogP contribution in [0, 0.1) is 0 Å². The molecule has 0 N–H and O–H groups in total. The molecule has 2 spiro atoms. The number of anilines is 3. The first kappa shape index (κ1) is 39.1. The quantitative estimate of drug-likeness (QED) is 0.167. The van der Waals surface area contributed by atoms with Crippen LogP contribution in [0.1, 0.15) is 44.5 Å². The fraction of sp³-hybridized carbons (Fsp3) is 0.0294. The minimum Gasteiger partial charge on any atom is -0.310 e. The van der Waals surface area contributed by atoms with Crippen LogP contribution < -0.4 is 4.90 Å². The summed E-state index contributed by atoms with van der Waals surface area (Å²) in [5.41, 5.74) is 23.7. The fourth-order valence-electron chi connectivity index (χ4n) is 13.3. The third-order valence-corrected chi connectivity index (χ3v) is 15.9. The van der Waals surface area contributed by atoms with Crippen LogP contribution in [0.2, 0.25) is 0 Å². The number of para-hydroxylation sites is 2. The Morgan fingerprint density at radius 2 is 0.743 bits per heavy atom. The largest absolute Gasteiger partial charge is 0.310 e. The van der Waals surface area contributed by atoms with Crippen molar-refractivity contribution < 1.29 is 0 Å². The van der Waals surface area contributed by atoms with E-state index in [9.17, 15) is 0 Å². The molecule has 0 radical (unpaired) electrons. The van der Waals surface area contributed by atoms with Crippen molar-refractivity contribution in [1.29, 1.82) is 0 Å². The van der Waals surface area contributed by atoms with Crippen molar-refractivity contribution in [2.45, 2.75) is 10.8 Å². The zero-order chi connectivity index (χ0) is 46.0. The molecule has 11 aromatic carbocycles. The van der Waals surface area contributed by atoms with E-state index in [0.29, 0.717) is 0 Å². The molecule has 0 saturated carbocycles. The Hall–Kier alpha value is -8.98. The summed E-state index contributed by atoms with van der Waals surface area (Å²) in [5, 5.41) is 2.43. The maximum Gasteiger partial charge on any atom is 0.0740 e. The van der Waals surface area contributed by atoms with Gasteiger partial charge in [0, 0.05) is 33.4 Å². The maximum atomic E-state index is 2.55. The molecule has 15 rings (SSSR count). The molecule has 3 aliphatic carbocycles. The summed E-state index contributed by atoms with van der Waals surface area (Å²) >= 11 is 0. The average Bonchev–Trinajstić information content (AvgIpc) is 4.04. The lowest BCUT2D eigenvalue weighted by atomic mass is 9.52. The van der Waals surface area contributed by atoms with Gasteiger partial charge in [-0.2, -0.15) is 0 Å². The molecule has 1 heterocycles. The molecule has 0 fully saturated rings. The van der Waals surface area contributed by atoms with Crippen molar-refractivity contribution in [2.75, 3.05) is 4.90 Å². The third kappa shape index (κ3) is 5.07. The standard InChI is InChI=1S/C68H44N2/c1-3-20-45(21-4-1)46-38-40-48(41-39-46)70-63-36-18-11-28-54(63)55-44-49(42-43-64(55)70)69(47-22-5-2-6-23-47)65-37-19-35-62-66(65)68(58-31-14-9-26-52(58)53-27-10-15-32-59(53)68)61-34-17-16-33-60(61)67(62)56-29-12-7-24-50(56)51-25-8-13-30-57(51)67/h1-44H. The van der Waals surface area contributed by atoms with E-state index in [1.807, 2.05) is 0 Å². The highest BCUT2D eigenvalue weighted by molar-refractivity contribution is 6.11. The fourth-order valence-corrected chi connectivity index (χ4v) is 13.3. The van der Waals surface area contributed by atoms with E-state index in [1.165, 1.54) is 99.7 Å². The molecule has 12 aromatic rings. The van der Waals surface area contributed by atoms with E-state index in [0.717, 1.165) is 22.7 Å². The number of benzene rings is 11. The Morgan fingerprint density at radius 1 is 0.286 bits per heavy atom. The number of aromatic nitrogens is 1. The van der Waals surface area contributed by atoms with Crippen LogP contribution in [0.4, 0.5) is 17.1 Å². The van der Waals surface area contributed by atoms with Gasteiger partial charge in [-0.1, -0.05) is 212 Å². The summed E-state index contributed by atoms with van der Waals surface area (Å²) in [6, 6.07) is 100. The van der Waals surface area contributed by atoms with Crippen LogP contribution in [0.3, 0.4) is 0 Å². The van der Waals surface area contributed by atoms with E-state index in [1.54, 1.807) is 0 Å². The highest BCUT2D eigenvalue weighted by Gasteiger charge is 2.60. The number of rotatable bonds is 5. The highest BCUT2D eigenvalue weighted by Crippen LogP contribution is 2.69. The van der Waals surface area contributed by atoms with Gasteiger partial charge < -0.3 is 9.47 Å². The summed E-state index contributed by atoms with van der Waals surface area (Å²) in [4.78, 5) is 2.55. The number of fused-ring (bicyclic) bond motifs is 19. The molecule has 2 heteroatoms. The van der Waals surface area contributed by atoms with Gasteiger partial charge in [-0.15, -0.1) is 0 Å². The molecule has 0 amide bonds. The van der Waals surface area contributed by atoms with Gasteiger partial charge in [-0.25, -0.2) is 0 Å². The molecular formula is C68H44N2. The van der Waals surface area contributed by atoms with Crippen molar-refractivity contribution in [3.05, 3.63) is 311 Å². The number of hydrogen-bond acceptors (Lipinski definition) is 1. The van der Waals surface area contributed by atoms with Gasteiger partial charge in [-0.05, 0) is 127 Å². The zero-order valence-corrected chi connectivity index (χ0v) is 38.3. The minimum atomic E-state index is -0.660. The lowest BCUT2D eigenvalue weighted by molar-refractivity contribution is 0.633. The van der Waals surface area contributed by atoms with E-state index in [-0.39, 0.29) is 0 Å². The van der Waals surface area contributed by atoms with Crippen LogP contribution >= 0.6 is 0 Å². The van der Waals surface area contributed by atoms with E-state index in [4.69, 9.17) is 0 Å². The Balaban J connectivity index is 1.05. The summed E-state index contributed by atoms with van der Waals surface area (Å²) in [7, 11) is 0. The maximum absolute atomic E-state index is 2.55. The highest BCUT2D eigenvalue weighted by atomic mass is 15.1. The van der Waals surface area contributed by atoms with Crippen molar-refractivity contribution >= 4 is 38.9 Å². The predicted octanol–water partition coefficient (Wildman–Crippen LogP) is 17.0. The van der Waals surface area contributed by atoms with Gasteiger partial charge in [0.1, 0.15) is 0 Å². The first-order chi connectivity index (χ1) is 34.8. The lowest BCUT2D eigenvalue weighted by Crippen LogP contribution is -2.44. The lowest BCUT2D eigenvalue weighted by Gasteiger charge is -2.50. The van der Waals surface area contributed by atoms with Crippen LogP contribution in [-0.2, 0) is 10.8 Å². The second-order valence-corrected chi connectivity index (χ2v) is 19.1. The van der Waals surface area contributed by atoms with Crippen LogP contribution in [0.5, 0.6) is 0 Å². The van der Waals surface area contributed by atoms with Crippen molar-refractivity contribution in [3.8, 4) is 39.1 Å². The molecule has 1 aromatic heterocycles. The normalized spacial score (nSPS) is 13.9. The zero-order valence-electron chi connectivity index (χ0n) is 38.3. The van der Waals surface area contributed by atoms with Gasteiger partial charge in [0.15, 0.2) is 0 Å². The molecule has 0 unspecified atom stereocenters. The van der Waals surface area contributed by atoms with Gasteiger partial charge >= 0.3 is 0 Å². The molecule has 326 valence electrons. The molecule has 0 bridgehead atoms. The molecular weight excluding hydrogens is 845 g/mol. The molecule has 70 heavy (non-hydrogen) atoms. The second-order valence-electron chi connectivity index (χ2n) is 19.1. The van der Waals surface area contributed by atoms with Crippen LogP contribution in [0.25, 0.3) is 60.9 Å². The third-order valence-electron chi connectivity index (χ3n) is 15.9. The van der Waals surface area contributed by atoms with Gasteiger partial charge in [0.2, 0.25) is 0 Å². The number of nitrogens with zero attached hydrogens (tertiary/aromatic N) is 2. The van der Waals surface area contributed by atoms with E-state index in [2.05, 4.69) is 276 Å². The Morgan fingerprint density at radius 3 is 1.36 bits per heavy atom. The summed E-state index contributed by atoms with van der Waals surface area (Å²) < 4.78 is 2.43.